The first-order chi connectivity index (χ1) is 12.7. The Balaban J connectivity index is 1.71. The summed E-state index contributed by atoms with van der Waals surface area (Å²) >= 11 is 0. The molecule has 4 aromatic rings. The SMILES string of the molecule is CNc1cn2nc(-c3c(-c4ccc(F)cc4)nc4n3CCC4)ccc2n1. The summed E-state index contributed by atoms with van der Waals surface area (Å²) in [5.41, 5.74) is 4.33. The zero-order valence-electron chi connectivity index (χ0n) is 14.3. The van der Waals surface area contributed by atoms with Gasteiger partial charge in [0, 0.05) is 25.6 Å². The van der Waals surface area contributed by atoms with E-state index in [1.807, 2.05) is 25.4 Å². The van der Waals surface area contributed by atoms with Gasteiger partial charge in [0.25, 0.3) is 0 Å². The normalized spacial score (nSPS) is 13.3. The van der Waals surface area contributed by atoms with Gasteiger partial charge in [0.2, 0.25) is 0 Å². The van der Waals surface area contributed by atoms with Crippen molar-refractivity contribution in [3.63, 3.8) is 0 Å². The van der Waals surface area contributed by atoms with Crippen molar-refractivity contribution < 1.29 is 4.39 Å². The smallest absolute Gasteiger partial charge is 0.156 e. The van der Waals surface area contributed by atoms with Gasteiger partial charge < -0.3 is 9.88 Å². The van der Waals surface area contributed by atoms with Crippen molar-refractivity contribution in [3.8, 4) is 22.6 Å². The van der Waals surface area contributed by atoms with Gasteiger partial charge in [-0.25, -0.2) is 18.9 Å². The van der Waals surface area contributed by atoms with Gasteiger partial charge >= 0.3 is 0 Å². The molecule has 0 saturated carbocycles. The van der Waals surface area contributed by atoms with E-state index >= 15 is 0 Å². The van der Waals surface area contributed by atoms with Crippen LogP contribution in [0, 0.1) is 5.82 Å². The predicted molar refractivity (Wildman–Crippen MR) is 97.5 cm³/mol. The van der Waals surface area contributed by atoms with Crippen molar-refractivity contribution in [3.05, 3.63) is 54.2 Å². The number of hydrogen-bond acceptors (Lipinski definition) is 4. The van der Waals surface area contributed by atoms with E-state index in [9.17, 15) is 4.39 Å². The van der Waals surface area contributed by atoms with E-state index in [2.05, 4.69) is 14.9 Å². The van der Waals surface area contributed by atoms with Crippen molar-refractivity contribution in [2.75, 3.05) is 12.4 Å². The number of aromatic nitrogens is 5. The highest BCUT2D eigenvalue weighted by atomic mass is 19.1. The first-order valence-electron chi connectivity index (χ1n) is 8.63. The lowest BCUT2D eigenvalue weighted by Gasteiger charge is -2.08. The second-order valence-corrected chi connectivity index (χ2v) is 6.38. The predicted octanol–water partition coefficient (Wildman–Crippen LogP) is 3.39. The fourth-order valence-electron chi connectivity index (χ4n) is 3.52. The second kappa shape index (κ2) is 5.66. The molecule has 0 unspecified atom stereocenters. The summed E-state index contributed by atoms with van der Waals surface area (Å²) in [6, 6.07) is 10.4. The Morgan fingerprint density at radius 3 is 2.73 bits per heavy atom. The van der Waals surface area contributed by atoms with E-state index in [1.165, 1.54) is 12.1 Å². The quantitative estimate of drug-likeness (QED) is 0.617. The second-order valence-electron chi connectivity index (χ2n) is 6.38. The number of hydrogen-bond donors (Lipinski definition) is 1. The number of aryl methyl sites for hydroxylation is 1. The largest absolute Gasteiger partial charge is 0.372 e. The highest BCUT2D eigenvalue weighted by Gasteiger charge is 2.24. The van der Waals surface area contributed by atoms with Gasteiger partial charge in [-0.3, -0.25) is 0 Å². The van der Waals surface area contributed by atoms with Crippen molar-refractivity contribution in [2.45, 2.75) is 19.4 Å². The number of fused-ring (bicyclic) bond motifs is 2. The summed E-state index contributed by atoms with van der Waals surface area (Å²) in [4.78, 5) is 9.27. The van der Waals surface area contributed by atoms with Crippen LogP contribution in [0.2, 0.25) is 0 Å². The zero-order valence-corrected chi connectivity index (χ0v) is 14.3. The Morgan fingerprint density at radius 2 is 1.92 bits per heavy atom. The lowest BCUT2D eigenvalue weighted by atomic mass is 10.1. The third-order valence-electron chi connectivity index (χ3n) is 4.77. The molecule has 0 saturated heterocycles. The molecule has 4 heterocycles. The molecule has 5 rings (SSSR count). The van der Waals surface area contributed by atoms with Crippen LogP contribution in [-0.4, -0.2) is 31.2 Å². The Hall–Kier alpha value is -3.22. The molecule has 0 atom stereocenters. The zero-order chi connectivity index (χ0) is 17.7. The standard InChI is InChI=1S/C19H17FN6/c1-21-15-11-26-17(22-15)9-8-14(24-26)19-18(12-4-6-13(20)7-5-12)23-16-3-2-10-25(16)19/h4-9,11,21H,2-3,10H2,1H3. The Labute approximate surface area is 149 Å². The van der Waals surface area contributed by atoms with Crippen LogP contribution in [0.4, 0.5) is 10.2 Å². The van der Waals surface area contributed by atoms with Crippen LogP contribution in [0.5, 0.6) is 0 Å². The lowest BCUT2D eigenvalue weighted by Crippen LogP contribution is -2.01. The number of nitrogens with one attached hydrogen (secondary N) is 1. The van der Waals surface area contributed by atoms with Gasteiger partial charge in [-0.1, -0.05) is 0 Å². The molecule has 1 N–H and O–H groups in total. The molecule has 26 heavy (non-hydrogen) atoms. The Morgan fingerprint density at radius 1 is 1.08 bits per heavy atom. The first-order valence-corrected chi connectivity index (χ1v) is 8.63. The highest BCUT2D eigenvalue weighted by Crippen LogP contribution is 2.34. The number of benzene rings is 1. The van der Waals surface area contributed by atoms with Gasteiger partial charge in [-0.2, -0.15) is 5.10 Å². The van der Waals surface area contributed by atoms with Crippen molar-refractivity contribution in [2.24, 2.45) is 0 Å². The van der Waals surface area contributed by atoms with Crippen LogP contribution < -0.4 is 5.32 Å². The monoisotopic (exact) mass is 348 g/mol. The van der Waals surface area contributed by atoms with E-state index in [0.717, 1.165) is 59.3 Å². The van der Waals surface area contributed by atoms with Gasteiger partial charge in [0.1, 0.15) is 23.2 Å². The fraction of sp³-hybridized carbons (Fsp3) is 0.211. The van der Waals surface area contributed by atoms with E-state index in [4.69, 9.17) is 10.1 Å². The molecular formula is C19H17FN6. The van der Waals surface area contributed by atoms with Crippen LogP contribution >= 0.6 is 0 Å². The summed E-state index contributed by atoms with van der Waals surface area (Å²) in [5, 5.41) is 7.78. The minimum Gasteiger partial charge on any atom is -0.372 e. The third kappa shape index (κ3) is 2.28. The van der Waals surface area contributed by atoms with Gasteiger partial charge in [-0.15, -0.1) is 0 Å². The maximum atomic E-state index is 13.3. The molecule has 0 spiro atoms. The van der Waals surface area contributed by atoms with Crippen molar-refractivity contribution in [1.82, 2.24) is 24.1 Å². The number of imidazole rings is 2. The first kappa shape index (κ1) is 15.1. The number of halogens is 1. The average Bonchev–Trinajstić information content (AvgIpc) is 3.35. The molecule has 6 nitrogen and oxygen atoms in total. The van der Waals surface area contributed by atoms with E-state index in [1.54, 1.807) is 16.6 Å². The molecule has 130 valence electrons. The summed E-state index contributed by atoms with van der Waals surface area (Å²) in [6.07, 6.45) is 3.89. The molecular weight excluding hydrogens is 331 g/mol. The van der Waals surface area contributed by atoms with E-state index < -0.39 is 0 Å². The summed E-state index contributed by atoms with van der Waals surface area (Å²) in [6.45, 7) is 0.921. The summed E-state index contributed by atoms with van der Waals surface area (Å²) < 4.78 is 17.3. The minimum absolute atomic E-state index is 0.250. The molecule has 1 aromatic carbocycles. The molecule has 1 aliphatic heterocycles. The van der Waals surface area contributed by atoms with Crippen molar-refractivity contribution in [1.29, 1.82) is 0 Å². The molecule has 1 aliphatic rings. The molecule has 7 heteroatoms. The molecule has 0 radical (unpaired) electrons. The lowest BCUT2D eigenvalue weighted by molar-refractivity contribution is 0.628. The van der Waals surface area contributed by atoms with Crippen LogP contribution in [-0.2, 0) is 13.0 Å². The summed E-state index contributed by atoms with van der Waals surface area (Å²) in [5.74, 6) is 1.58. The van der Waals surface area contributed by atoms with E-state index in [-0.39, 0.29) is 5.82 Å². The Kier molecular flexibility index (Phi) is 3.28. The average molecular weight is 348 g/mol. The molecule has 3 aromatic heterocycles. The van der Waals surface area contributed by atoms with Crippen LogP contribution in [0.1, 0.15) is 12.2 Å². The third-order valence-corrected chi connectivity index (χ3v) is 4.77. The topological polar surface area (TPSA) is 60.0 Å². The van der Waals surface area contributed by atoms with E-state index in [0.29, 0.717) is 0 Å². The number of rotatable bonds is 3. The van der Waals surface area contributed by atoms with Gasteiger partial charge in [0.05, 0.1) is 17.6 Å². The highest BCUT2D eigenvalue weighted by molar-refractivity contribution is 5.77. The maximum Gasteiger partial charge on any atom is 0.156 e. The van der Waals surface area contributed by atoms with Crippen molar-refractivity contribution >= 4 is 11.5 Å². The maximum absolute atomic E-state index is 13.3. The van der Waals surface area contributed by atoms with Gasteiger partial charge in [-0.05, 0) is 42.8 Å². The fourth-order valence-corrected chi connectivity index (χ4v) is 3.52. The minimum atomic E-state index is -0.250. The number of anilines is 1. The summed E-state index contributed by atoms with van der Waals surface area (Å²) in [7, 11) is 1.83. The van der Waals surface area contributed by atoms with Crippen LogP contribution in [0.3, 0.4) is 0 Å². The Bertz CT molecular complexity index is 1110. The molecule has 0 aliphatic carbocycles. The number of nitrogens with zero attached hydrogens (tertiary/aromatic N) is 5. The molecule has 0 bridgehead atoms. The molecule has 0 amide bonds. The van der Waals surface area contributed by atoms with Crippen LogP contribution in [0.25, 0.3) is 28.3 Å². The van der Waals surface area contributed by atoms with Gasteiger partial charge in [0.15, 0.2) is 5.65 Å². The van der Waals surface area contributed by atoms with Crippen LogP contribution in [0.15, 0.2) is 42.6 Å². The molecule has 0 fully saturated rings.